The summed E-state index contributed by atoms with van der Waals surface area (Å²) in [4.78, 5) is 25.9. The van der Waals surface area contributed by atoms with Crippen LogP contribution in [-0.4, -0.2) is 43.4 Å². The Morgan fingerprint density at radius 2 is 1.95 bits per heavy atom. The molecule has 0 aromatic heterocycles. The minimum Gasteiger partial charge on any atom is -0.453 e. The zero-order valence-electron chi connectivity index (χ0n) is 12.2. The van der Waals surface area contributed by atoms with Gasteiger partial charge >= 0.3 is 6.09 Å². The van der Waals surface area contributed by atoms with Gasteiger partial charge in [-0.25, -0.2) is 4.79 Å². The lowest BCUT2D eigenvalue weighted by molar-refractivity contribution is -0.124. The zero-order valence-corrected chi connectivity index (χ0v) is 13.0. The van der Waals surface area contributed by atoms with Crippen LogP contribution in [0.1, 0.15) is 12.5 Å². The van der Waals surface area contributed by atoms with E-state index in [0.717, 1.165) is 5.56 Å². The molecule has 1 aromatic carbocycles. The molecule has 5 nitrogen and oxygen atoms in total. The molecule has 0 fully saturated rings. The van der Waals surface area contributed by atoms with Crippen molar-refractivity contribution in [2.24, 2.45) is 0 Å². The van der Waals surface area contributed by atoms with Gasteiger partial charge in [-0.15, -0.1) is 11.8 Å². The summed E-state index contributed by atoms with van der Waals surface area (Å²) in [5.41, 5.74) is 1.11. The van der Waals surface area contributed by atoms with E-state index in [9.17, 15) is 9.59 Å². The number of thioether (sulfide) groups is 1. The van der Waals surface area contributed by atoms with Gasteiger partial charge in [-0.2, -0.15) is 0 Å². The third-order valence-electron chi connectivity index (χ3n) is 3.04. The van der Waals surface area contributed by atoms with Crippen LogP contribution in [-0.2, 0) is 16.1 Å². The maximum atomic E-state index is 11.8. The molecule has 2 amide bonds. The summed E-state index contributed by atoms with van der Waals surface area (Å²) in [5, 5.41) is 2.17. The molecule has 1 aromatic rings. The fourth-order valence-corrected chi connectivity index (χ4v) is 2.02. The average molecular weight is 296 g/mol. The lowest BCUT2D eigenvalue weighted by Gasteiger charge is -2.23. The third-order valence-corrected chi connectivity index (χ3v) is 3.79. The highest BCUT2D eigenvalue weighted by molar-refractivity contribution is 7.98. The molecule has 110 valence electrons. The molecule has 0 radical (unpaired) electrons. The second-order valence-corrected chi connectivity index (χ2v) is 5.30. The zero-order chi connectivity index (χ0) is 15.1. The maximum absolute atomic E-state index is 11.8. The average Bonchev–Trinajstić information content (AvgIpc) is 2.46. The Labute approximate surface area is 123 Å². The third kappa shape index (κ3) is 4.86. The number of nitrogens with zero attached hydrogens (tertiary/aromatic N) is 1. The molecule has 0 saturated heterocycles. The Morgan fingerprint density at radius 3 is 2.45 bits per heavy atom. The molecule has 20 heavy (non-hydrogen) atoms. The normalized spacial score (nSPS) is 12.1. The number of rotatable bonds is 5. The molecule has 0 aliphatic rings. The largest absolute Gasteiger partial charge is 0.453 e. The standard InChI is InChI=1S/C14H20N2O3S/c1-10(13(17)15-14(18)19-3)16(2)9-11-5-7-12(20-4)8-6-11/h5-8,10H,9H2,1-4H3,(H,15,17,18)/t10-/m1/s1. The van der Waals surface area contributed by atoms with Gasteiger partial charge in [0, 0.05) is 11.4 Å². The Hall–Kier alpha value is -1.53. The van der Waals surface area contributed by atoms with Crippen LogP contribution in [0.4, 0.5) is 4.79 Å². The Balaban J connectivity index is 2.57. The number of carbonyl (C=O) groups is 2. The van der Waals surface area contributed by atoms with Gasteiger partial charge in [0.2, 0.25) is 5.91 Å². The molecule has 0 heterocycles. The van der Waals surface area contributed by atoms with E-state index in [0.29, 0.717) is 6.54 Å². The smallest absolute Gasteiger partial charge is 0.413 e. The number of likely N-dealkylation sites (N-methyl/N-ethyl adjacent to an activating group) is 1. The maximum Gasteiger partial charge on any atom is 0.413 e. The van der Waals surface area contributed by atoms with E-state index < -0.39 is 12.1 Å². The minimum atomic E-state index is -0.737. The molecule has 0 saturated carbocycles. The van der Waals surface area contributed by atoms with Crippen LogP contribution in [0.5, 0.6) is 0 Å². The van der Waals surface area contributed by atoms with Gasteiger partial charge in [-0.1, -0.05) is 12.1 Å². The predicted octanol–water partition coefficient (Wildman–Crippen LogP) is 2.11. The predicted molar refractivity (Wildman–Crippen MR) is 79.7 cm³/mol. The molecule has 0 spiro atoms. The van der Waals surface area contributed by atoms with Crippen LogP contribution >= 0.6 is 11.8 Å². The summed E-state index contributed by atoms with van der Waals surface area (Å²) >= 11 is 1.69. The monoisotopic (exact) mass is 296 g/mol. The molecule has 0 aliphatic carbocycles. The van der Waals surface area contributed by atoms with Crippen LogP contribution in [0, 0.1) is 0 Å². The number of carbonyl (C=O) groups excluding carboxylic acids is 2. The van der Waals surface area contributed by atoms with Crippen molar-refractivity contribution in [3.8, 4) is 0 Å². The Bertz CT molecular complexity index is 462. The van der Waals surface area contributed by atoms with Crippen LogP contribution in [0.25, 0.3) is 0 Å². The van der Waals surface area contributed by atoms with Gasteiger partial charge in [0.15, 0.2) is 0 Å². The first-order valence-electron chi connectivity index (χ1n) is 6.20. The topological polar surface area (TPSA) is 58.6 Å². The van der Waals surface area contributed by atoms with Gasteiger partial charge in [-0.05, 0) is 37.9 Å². The van der Waals surface area contributed by atoms with Gasteiger partial charge in [0.25, 0.3) is 0 Å². The highest BCUT2D eigenvalue weighted by atomic mass is 32.2. The number of benzene rings is 1. The molecule has 0 unspecified atom stereocenters. The molecule has 0 bridgehead atoms. The van der Waals surface area contributed by atoms with E-state index in [4.69, 9.17) is 0 Å². The molecule has 1 atom stereocenters. The van der Waals surface area contributed by atoms with Crippen molar-refractivity contribution in [1.82, 2.24) is 10.2 Å². The SMILES string of the molecule is COC(=O)NC(=O)[C@@H](C)N(C)Cc1ccc(SC)cc1. The summed E-state index contributed by atoms with van der Waals surface area (Å²) in [6.07, 6.45) is 1.29. The summed E-state index contributed by atoms with van der Waals surface area (Å²) in [6.45, 7) is 2.37. The first-order valence-corrected chi connectivity index (χ1v) is 7.42. The molecular weight excluding hydrogens is 276 g/mol. The van der Waals surface area contributed by atoms with Crippen molar-refractivity contribution in [2.45, 2.75) is 24.4 Å². The van der Waals surface area contributed by atoms with E-state index in [1.165, 1.54) is 12.0 Å². The minimum absolute atomic E-state index is 0.375. The first-order chi connectivity index (χ1) is 9.47. The number of nitrogens with one attached hydrogen (secondary N) is 1. The summed E-state index contributed by atoms with van der Waals surface area (Å²) in [5.74, 6) is -0.375. The van der Waals surface area contributed by atoms with E-state index in [2.05, 4.69) is 10.1 Å². The highest BCUT2D eigenvalue weighted by Crippen LogP contribution is 2.16. The van der Waals surface area contributed by atoms with Crippen LogP contribution in [0.2, 0.25) is 0 Å². The van der Waals surface area contributed by atoms with E-state index >= 15 is 0 Å². The van der Waals surface area contributed by atoms with E-state index in [-0.39, 0.29) is 5.91 Å². The summed E-state index contributed by atoms with van der Waals surface area (Å²) < 4.78 is 4.40. The number of amides is 2. The van der Waals surface area contributed by atoms with E-state index in [1.807, 2.05) is 42.5 Å². The number of imide groups is 1. The molecule has 0 aliphatic heterocycles. The first kappa shape index (κ1) is 16.5. The number of hydrogen-bond acceptors (Lipinski definition) is 5. The van der Waals surface area contributed by atoms with Crippen LogP contribution in [0.3, 0.4) is 0 Å². The van der Waals surface area contributed by atoms with E-state index in [1.54, 1.807) is 18.7 Å². The Kier molecular flexibility index (Phi) is 6.54. The van der Waals surface area contributed by atoms with Crippen molar-refractivity contribution < 1.29 is 14.3 Å². The summed E-state index contributed by atoms with van der Waals surface area (Å²) in [6, 6.07) is 7.75. The second-order valence-electron chi connectivity index (χ2n) is 4.42. The Morgan fingerprint density at radius 1 is 1.35 bits per heavy atom. The fourth-order valence-electron chi connectivity index (χ4n) is 1.61. The van der Waals surface area contributed by atoms with Crippen molar-refractivity contribution in [1.29, 1.82) is 0 Å². The van der Waals surface area contributed by atoms with Gasteiger partial charge < -0.3 is 4.74 Å². The van der Waals surface area contributed by atoms with Crippen molar-refractivity contribution in [3.63, 3.8) is 0 Å². The molecule has 1 N–H and O–H groups in total. The van der Waals surface area contributed by atoms with Gasteiger partial charge in [-0.3, -0.25) is 15.0 Å². The van der Waals surface area contributed by atoms with Gasteiger partial charge in [0.1, 0.15) is 0 Å². The second kappa shape index (κ2) is 7.91. The number of alkyl carbamates (subject to hydrolysis) is 1. The molecule has 1 rings (SSSR count). The fraction of sp³-hybridized carbons (Fsp3) is 0.429. The molecular formula is C14H20N2O3S. The number of ether oxygens (including phenoxy) is 1. The lowest BCUT2D eigenvalue weighted by atomic mass is 10.2. The number of methoxy groups -OCH3 is 1. The highest BCUT2D eigenvalue weighted by Gasteiger charge is 2.20. The van der Waals surface area contributed by atoms with Crippen LogP contribution in [0.15, 0.2) is 29.2 Å². The van der Waals surface area contributed by atoms with Crippen molar-refractivity contribution in [3.05, 3.63) is 29.8 Å². The number of hydrogen-bond donors (Lipinski definition) is 1. The molecule has 6 heteroatoms. The van der Waals surface area contributed by atoms with Crippen LogP contribution < -0.4 is 5.32 Å². The van der Waals surface area contributed by atoms with Crippen molar-refractivity contribution >= 4 is 23.8 Å². The van der Waals surface area contributed by atoms with Gasteiger partial charge in [0.05, 0.1) is 13.2 Å². The summed E-state index contributed by atoms with van der Waals surface area (Å²) in [7, 11) is 3.06. The quantitative estimate of drug-likeness (QED) is 0.843. The van der Waals surface area contributed by atoms with Crippen molar-refractivity contribution in [2.75, 3.05) is 20.4 Å². The lowest BCUT2D eigenvalue weighted by Crippen LogP contribution is -2.45.